The molecule has 0 saturated carbocycles. The van der Waals surface area contributed by atoms with Crippen molar-refractivity contribution in [1.82, 2.24) is 4.90 Å². The first-order valence-electron chi connectivity index (χ1n) is 7.21. The first-order chi connectivity index (χ1) is 9.24. The molecule has 0 bridgehead atoms. The second kappa shape index (κ2) is 5.63. The van der Waals surface area contributed by atoms with Crippen LogP contribution in [0.25, 0.3) is 0 Å². The average Bonchev–Trinajstić information content (AvgIpc) is 2.81. The number of nitrogens with two attached hydrogens (primary N) is 1. The maximum Gasteiger partial charge on any atom is 0.0506 e. The highest BCUT2D eigenvalue weighted by molar-refractivity contribution is 7.99. The Morgan fingerprint density at radius 1 is 1.37 bits per heavy atom. The summed E-state index contributed by atoms with van der Waals surface area (Å²) in [7, 11) is 2.26. The number of fused-ring (bicyclic) bond motifs is 1. The lowest BCUT2D eigenvalue weighted by atomic mass is 10.1. The minimum atomic E-state index is 0.784. The molecule has 3 rings (SSSR count). The van der Waals surface area contributed by atoms with Crippen LogP contribution in [-0.2, 0) is 0 Å². The lowest BCUT2D eigenvalue weighted by molar-refractivity contribution is 0.298. The third-order valence-electron chi connectivity index (χ3n) is 4.35. The van der Waals surface area contributed by atoms with Crippen LogP contribution in [0.2, 0.25) is 0 Å². The highest BCUT2D eigenvalue weighted by atomic mass is 32.2. The largest absolute Gasteiger partial charge is 0.399 e. The fourth-order valence-electron chi connectivity index (χ4n) is 3.17. The first-order valence-corrected chi connectivity index (χ1v) is 8.20. The molecule has 2 aliphatic rings. The average molecular weight is 277 g/mol. The molecule has 1 atom stereocenters. The predicted octanol–water partition coefficient (Wildman–Crippen LogP) is 2.67. The summed E-state index contributed by atoms with van der Waals surface area (Å²) in [6.07, 6.45) is 4.02. The van der Waals surface area contributed by atoms with Crippen molar-refractivity contribution in [2.75, 3.05) is 43.1 Å². The predicted molar refractivity (Wildman–Crippen MR) is 84.1 cm³/mol. The van der Waals surface area contributed by atoms with Crippen molar-refractivity contribution < 1.29 is 0 Å². The Labute approximate surface area is 120 Å². The number of rotatable bonds is 3. The van der Waals surface area contributed by atoms with E-state index in [4.69, 9.17) is 5.73 Å². The molecule has 0 aromatic heterocycles. The van der Waals surface area contributed by atoms with Gasteiger partial charge in [-0.3, -0.25) is 0 Å². The molecule has 19 heavy (non-hydrogen) atoms. The summed E-state index contributed by atoms with van der Waals surface area (Å²) in [5.74, 6) is 1.18. The molecular weight excluding hydrogens is 254 g/mol. The molecule has 0 spiro atoms. The maximum absolute atomic E-state index is 5.88. The molecule has 1 saturated heterocycles. The van der Waals surface area contributed by atoms with E-state index in [0.717, 1.165) is 18.3 Å². The van der Waals surface area contributed by atoms with E-state index in [-0.39, 0.29) is 0 Å². The lowest BCUT2D eigenvalue weighted by Gasteiger charge is -2.32. The third kappa shape index (κ3) is 2.84. The van der Waals surface area contributed by atoms with Crippen LogP contribution in [0.3, 0.4) is 0 Å². The van der Waals surface area contributed by atoms with Gasteiger partial charge < -0.3 is 15.5 Å². The van der Waals surface area contributed by atoms with Crippen LogP contribution in [0.1, 0.15) is 19.3 Å². The van der Waals surface area contributed by atoms with Crippen LogP contribution >= 0.6 is 11.8 Å². The van der Waals surface area contributed by atoms with E-state index < -0.39 is 0 Å². The molecule has 3 nitrogen and oxygen atoms in total. The molecule has 2 aliphatic heterocycles. The van der Waals surface area contributed by atoms with Gasteiger partial charge in [-0.2, -0.15) is 0 Å². The van der Waals surface area contributed by atoms with E-state index >= 15 is 0 Å². The van der Waals surface area contributed by atoms with Gasteiger partial charge in [-0.1, -0.05) is 0 Å². The number of hydrogen-bond acceptors (Lipinski definition) is 4. The fourth-order valence-corrected chi connectivity index (χ4v) is 4.27. The van der Waals surface area contributed by atoms with E-state index in [1.54, 1.807) is 0 Å². The zero-order valence-corrected chi connectivity index (χ0v) is 12.5. The van der Waals surface area contributed by atoms with Gasteiger partial charge in [0.05, 0.1) is 5.69 Å². The molecule has 1 fully saturated rings. The van der Waals surface area contributed by atoms with Gasteiger partial charge in [0, 0.05) is 35.5 Å². The summed E-state index contributed by atoms with van der Waals surface area (Å²) in [6.45, 7) is 3.61. The molecular formula is C15H23N3S. The minimum absolute atomic E-state index is 0.784. The minimum Gasteiger partial charge on any atom is -0.399 e. The van der Waals surface area contributed by atoms with Crippen LogP contribution < -0.4 is 10.6 Å². The van der Waals surface area contributed by atoms with E-state index in [2.05, 4.69) is 29.0 Å². The molecule has 2 N–H and O–H groups in total. The van der Waals surface area contributed by atoms with Crippen LogP contribution in [0, 0.1) is 0 Å². The number of benzene rings is 1. The van der Waals surface area contributed by atoms with Gasteiger partial charge in [-0.15, -0.1) is 11.8 Å². The van der Waals surface area contributed by atoms with Crippen molar-refractivity contribution in [3.05, 3.63) is 18.2 Å². The molecule has 0 aliphatic carbocycles. The second-order valence-corrected chi connectivity index (χ2v) is 6.76. The number of nitrogen functional groups attached to an aromatic ring is 1. The fraction of sp³-hybridized carbons (Fsp3) is 0.600. The lowest BCUT2D eigenvalue weighted by Crippen LogP contribution is -2.34. The zero-order valence-electron chi connectivity index (χ0n) is 11.6. The van der Waals surface area contributed by atoms with Crippen LogP contribution in [-0.4, -0.2) is 43.4 Å². The Bertz CT molecular complexity index is 449. The smallest absolute Gasteiger partial charge is 0.0506 e. The summed E-state index contributed by atoms with van der Waals surface area (Å²) in [5.41, 5.74) is 8.14. The van der Waals surface area contributed by atoms with Crippen molar-refractivity contribution in [2.24, 2.45) is 0 Å². The quantitative estimate of drug-likeness (QED) is 0.861. The van der Waals surface area contributed by atoms with Gasteiger partial charge in [0.1, 0.15) is 0 Å². The molecule has 4 heteroatoms. The number of anilines is 2. The van der Waals surface area contributed by atoms with Crippen molar-refractivity contribution >= 4 is 23.1 Å². The standard InChI is InChI=1S/C15H23N3S/c1-17-7-2-3-13(17)6-8-18-9-10-19-15-11-12(16)4-5-14(15)18/h4-5,11,13H,2-3,6-10,16H2,1H3. The van der Waals surface area contributed by atoms with E-state index in [1.165, 1.54) is 48.7 Å². The second-order valence-electron chi connectivity index (χ2n) is 5.63. The Kier molecular flexibility index (Phi) is 3.89. The van der Waals surface area contributed by atoms with Crippen LogP contribution in [0.5, 0.6) is 0 Å². The zero-order chi connectivity index (χ0) is 13.2. The van der Waals surface area contributed by atoms with Gasteiger partial charge >= 0.3 is 0 Å². The molecule has 0 amide bonds. The van der Waals surface area contributed by atoms with E-state index in [1.807, 2.05) is 17.8 Å². The topological polar surface area (TPSA) is 32.5 Å². The number of nitrogens with zero attached hydrogens (tertiary/aromatic N) is 2. The van der Waals surface area contributed by atoms with Crippen molar-refractivity contribution in [1.29, 1.82) is 0 Å². The Balaban J connectivity index is 1.66. The van der Waals surface area contributed by atoms with Crippen molar-refractivity contribution in [2.45, 2.75) is 30.2 Å². The molecule has 1 aromatic rings. The molecule has 104 valence electrons. The SMILES string of the molecule is CN1CCCC1CCN1CCSc2cc(N)ccc21. The number of hydrogen-bond donors (Lipinski definition) is 1. The summed E-state index contributed by atoms with van der Waals surface area (Å²) in [4.78, 5) is 6.41. The highest BCUT2D eigenvalue weighted by Gasteiger charge is 2.23. The normalized spacial score (nSPS) is 23.6. The van der Waals surface area contributed by atoms with Gasteiger partial charge in [-0.05, 0) is 51.1 Å². The van der Waals surface area contributed by atoms with Crippen molar-refractivity contribution in [3.63, 3.8) is 0 Å². The summed E-state index contributed by atoms with van der Waals surface area (Å²) in [5, 5.41) is 0. The van der Waals surface area contributed by atoms with Gasteiger partial charge in [0.15, 0.2) is 0 Å². The molecule has 0 radical (unpaired) electrons. The Hall–Kier alpha value is -0.870. The summed E-state index contributed by atoms with van der Waals surface area (Å²) >= 11 is 1.93. The highest BCUT2D eigenvalue weighted by Crippen LogP contribution is 2.36. The van der Waals surface area contributed by atoms with Crippen LogP contribution in [0.15, 0.2) is 23.1 Å². The molecule has 1 unspecified atom stereocenters. The number of thioether (sulfide) groups is 1. The first kappa shape index (κ1) is 13.1. The third-order valence-corrected chi connectivity index (χ3v) is 5.37. The molecule has 2 heterocycles. The van der Waals surface area contributed by atoms with Crippen LogP contribution in [0.4, 0.5) is 11.4 Å². The van der Waals surface area contributed by atoms with Gasteiger partial charge in [0.2, 0.25) is 0 Å². The van der Waals surface area contributed by atoms with Gasteiger partial charge in [0.25, 0.3) is 0 Å². The summed E-state index contributed by atoms with van der Waals surface area (Å²) < 4.78 is 0. The Morgan fingerprint density at radius 2 is 2.26 bits per heavy atom. The van der Waals surface area contributed by atoms with E-state index in [0.29, 0.717) is 0 Å². The maximum atomic E-state index is 5.88. The number of likely N-dealkylation sites (tertiary alicyclic amines) is 1. The Morgan fingerprint density at radius 3 is 3.05 bits per heavy atom. The monoisotopic (exact) mass is 277 g/mol. The van der Waals surface area contributed by atoms with E-state index in [9.17, 15) is 0 Å². The molecule has 1 aromatic carbocycles. The summed E-state index contributed by atoms with van der Waals surface area (Å²) in [6, 6.07) is 7.12. The van der Waals surface area contributed by atoms with Crippen molar-refractivity contribution in [3.8, 4) is 0 Å². The van der Waals surface area contributed by atoms with Gasteiger partial charge in [-0.25, -0.2) is 0 Å².